The summed E-state index contributed by atoms with van der Waals surface area (Å²) in [7, 11) is -1.68. The first-order valence-corrected chi connectivity index (χ1v) is 16.6. The number of benzene rings is 1. The third-order valence-electron chi connectivity index (χ3n) is 7.59. The number of carbonyl (C=O) groups is 2. The van der Waals surface area contributed by atoms with Gasteiger partial charge in [-0.2, -0.15) is 0 Å². The first-order chi connectivity index (χ1) is 17.6. The zero-order chi connectivity index (χ0) is 27.6. The molecule has 8 heteroatoms. The van der Waals surface area contributed by atoms with Gasteiger partial charge in [0.25, 0.3) is 0 Å². The highest BCUT2D eigenvalue weighted by Gasteiger charge is 2.38. The number of hydrogen-bond acceptors (Lipinski definition) is 5. The van der Waals surface area contributed by atoms with Crippen LogP contribution in [-0.2, 0) is 11.0 Å². The Morgan fingerprint density at radius 1 is 0.946 bits per heavy atom. The van der Waals surface area contributed by atoms with Gasteiger partial charge in [-0.1, -0.05) is 40.7 Å². The molecule has 1 aromatic carbocycles. The number of aromatic carboxylic acids is 2. The van der Waals surface area contributed by atoms with Crippen LogP contribution in [0.15, 0.2) is 36.4 Å². The molecule has 1 aromatic heterocycles. The largest absolute Gasteiger partial charge is 0.488 e. The van der Waals surface area contributed by atoms with Crippen LogP contribution in [0.5, 0.6) is 5.75 Å². The van der Waals surface area contributed by atoms with Crippen LogP contribution in [0.2, 0.25) is 18.1 Å². The molecular formula is C29H42O6SSi. The maximum Gasteiger partial charge on any atom is 0.336 e. The van der Waals surface area contributed by atoms with Crippen molar-refractivity contribution in [1.82, 2.24) is 0 Å². The fourth-order valence-electron chi connectivity index (χ4n) is 4.68. The highest BCUT2D eigenvalue weighted by molar-refractivity contribution is 7.13. The monoisotopic (exact) mass is 546 g/mol. The molecular weight excluding hydrogens is 504 g/mol. The number of carboxylic acids is 2. The molecule has 0 fully saturated rings. The summed E-state index contributed by atoms with van der Waals surface area (Å²) in [6.07, 6.45) is 6.35. The van der Waals surface area contributed by atoms with Gasteiger partial charge in [0.2, 0.25) is 0 Å². The molecule has 0 saturated carbocycles. The normalized spacial score (nSPS) is 12.5. The summed E-state index contributed by atoms with van der Waals surface area (Å²) in [5.41, 5.74) is 0.629. The van der Waals surface area contributed by atoms with Gasteiger partial charge < -0.3 is 19.4 Å². The van der Waals surface area contributed by atoms with Crippen molar-refractivity contribution in [2.75, 3.05) is 0 Å². The average Bonchev–Trinajstić information content (AvgIpc) is 3.39. The molecule has 0 unspecified atom stereocenters. The number of carboxylic acid groups (broad SMARTS) is 2. The Morgan fingerprint density at radius 2 is 1.57 bits per heavy atom. The molecule has 37 heavy (non-hydrogen) atoms. The summed E-state index contributed by atoms with van der Waals surface area (Å²) in [6, 6.07) is 11.6. The van der Waals surface area contributed by atoms with E-state index in [2.05, 4.69) is 53.7 Å². The minimum absolute atomic E-state index is 0.0511. The quantitative estimate of drug-likeness (QED) is 0.205. The molecule has 0 atom stereocenters. The number of hydrogen-bond donors (Lipinski definition) is 2. The van der Waals surface area contributed by atoms with Crippen molar-refractivity contribution in [3.63, 3.8) is 0 Å². The first-order valence-electron chi connectivity index (χ1n) is 13.3. The van der Waals surface area contributed by atoms with E-state index in [9.17, 15) is 19.8 Å². The molecule has 0 spiro atoms. The number of thiophene rings is 1. The van der Waals surface area contributed by atoms with Crippen molar-refractivity contribution >= 4 is 37.2 Å². The Bertz CT molecular complexity index is 1070. The Kier molecular flexibility index (Phi) is 11.6. The third-order valence-corrected chi connectivity index (χ3v) is 13.5. The summed E-state index contributed by atoms with van der Waals surface area (Å²) in [5.74, 6) is -2.25. The van der Waals surface area contributed by atoms with Gasteiger partial charge in [-0.25, -0.2) is 9.59 Å². The zero-order valence-corrected chi connectivity index (χ0v) is 24.9. The minimum Gasteiger partial charge on any atom is -0.488 e. The Morgan fingerprint density at radius 3 is 2.11 bits per heavy atom. The lowest BCUT2D eigenvalue weighted by atomic mass is 9.91. The number of rotatable bonds is 16. The minimum atomic E-state index is -1.68. The summed E-state index contributed by atoms with van der Waals surface area (Å²) >= 11 is 1.64. The molecule has 204 valence electrons. The lowest BCUT2D eigenvalue weighted by Crippen LogP contribution is -2.46. The van der Waals surface area contributed by atoms with E-state index in [0.717, 1.165) is 48.7 Å². The smallest absolute Gasteiger partial charge is 0.336 e. The van der Waals surface area contributed by atoms with E-state index >= 15 is 0 Å². The van der Waals surface area contributed by atoms with Crippen LogP contribution >= 0.6 is 11.3 Å². The summed E-state index contributed by atoms with van der Waals surface area (Å²) in [4.78, 5) is 24.8. The van der Waals surface area contributed by atoms with Crippen LogP contribution in [-0.4, -0.2) is 36.1 Å². The second kappa shape index (κ2) is 13.9. The van der Waals surface area contributed by atoms with Crippen molar-refractivity contribution in [1.29, 1.82) is 0 Å². The number of allylic oxidation sites excluding steroid dienone is 2. The predicted molar refractivity (Wildman–Crippen MR) is 153 cm³/mol. The molecule has 2 N–H and O–H groups in total. The SMILES string of the molecule is CCC(CC)(CCC=C(C)c1ccc(COc2ccc(C(=O)O)c(C(=O)O)c2)s1)O[Si](CC)(CC)CC. The molecule has 2 aromatic rings. The van der Waals surface area contributed by atoms with Gasteiger partial charge in [-0.05, 0) is 86.6 Å². The Hall–Kier alpha value is -2.42. The maximum absolute atomic E-state index is 11.4. The van der Waals surface area contributed by atoms with E-state index in [-0.39, 0.29) is 23.3 Å². The summed E-state index contributed by atoms with van der Waals surface area (Å²) < 4.78 is 12.8. The van der Waals surface area contributed by atoms with Crippen LogP contribution in [0.1, 0.15) is 97.7 Å². The molecule has 0 saturated heterocycles. The molecule has 0 bridgehead atoms. The molecule has 0 radical (unpaired) electrons. The van der Waals surface area contributed by atoms with Gasteiger partial charge in [-0.3, -0.25) is 0 Å². The fourth-order valence-corrected chi connectivity index (χ4v) is 8.83. The standard InChI is InChI=1S/C29H42O6SSi/c1-7-29(8-2,35-37(9-3,10-4)11-5)18-12-13-21(6)26-17-15-23(36-26)20-34-22-14-16-24(27(30)31)25(19-22)28(32)33/h13-17,19H,7-12,18,20H2,1-6H3,(H,30,31)(H,32,33). The maximum atomic E-state index is 11.4. The molecule has 1 heterocycles. The van der Waals surface area contributed by atoms with E-state index < -0.39 is 20.3 Å². The van der Waals surface area contributed by atoms with Gasteiger partial charge in [0.15, 0.2) is 8.32 Å². The van der Waals surface area contributed by atoms with Gasteiger partial charge in [0, 0.05) is 9.75 Å². The predicted octanol–water partition coefficient (Wildman–Crippen LogP) is 8.49. The van der Waals surface area contributed by atoms with Crippen molar-refractivity contribution in [3.8, 4) is 5.75 Å². The van der Waals surface area contributed by atoms with Crippen LogP contribution < -0.4 is 4.74 Å². The summed E-state index contributed by atoms with van der Waals surface area (Å²) in [5, 5.41) is 18.5. The summed E-state index contributed by atoms with van der Waals surface area (Å²) in [6.45, 7) is 13.8. The van der Waals surface area contributed by atoms with Gasteiger partial charge >= 0.3 is 11.9 Å². The van der Waals surface area contributed by atoms with Crippen molar-refractivity contribution in [2.45, 2.75) is 97.6 Å². The van der Waals surface area contributed by atoms with Crippen LogP contribution in [0.25, 0.3) is 5.57 Å². The van der Waals surface area contributed by atoms with Crippen molar-refractivity contribution in [3.05, 3.63) is 57.3 Å². The average molecular weight is 547 g/mol. The molecule has 0 aliphatic carbocycles. The van der Waals surface area contributed by atoms with E-state index in [1.165, 1.54) is 28.6 Å². The molecule has 6 nitrogen and oxygen atoms in total. The van der Waals surface area contributed by atoms with Crippen LogP contribution in [0.3, 0.4) is 0 Å². The second-order valence-electron chi connectivity index (χ2n) is 9.53. The van der Waals surface area contributed by atoms with Gasteiger partial charge in [-0.15, -0.1) is 11.3 Å². The lowest BCUT2D eigenvalue weighted by Gasteiger charge is -2.42. The van der Waals surface area contributed by atoms with E-state index in [1.54, 1.807) is 11.3 Å². The van der Waals surface area contributed by atoms with E-state index in [4.69, 9.17) is 9.16 Å². The van der Waals surface area contributed by atoms with Crippen molar-refractivity contribution < 1.29 is 29.0 Å². The number of ether oxygens (including phenoxy) is 1. The molecule has 0 aliphatic rings. The zero-order valence-electron chi connectivity index (χ0n) is 23.1. The molecule has 2 rings (SSSR count). The molecule has 0 amide bonds. The first kappa shape index (κ1) is 30.8. The topological polar surface area (TPSA) is 93.1 Å². The fraction of sp³-hybridized carbons (Fsp3) is 0.517. The van der Waals surface area contributed by atoms with Crippen LogP contribution in [0.4, 0.5) is 0 Å². The lowest BCUT2D eigenvalue weighted by molar-refractivity contribution is 0.0397. The van der Waals surface area contributed by atoms with Crippen LogP contribution in [0, 0.1) is 0 Å². The third kappa shape index (κ3) is 8.03. The van der Waals surface area contributed by atoms with E-state index in [0.29, 0.717) is 5.75 Å². The molecule has 0 aliphatic heterocycles. The second-order valence-corrected chi connectivity index (χ2v) is 15.4. The van der Waals surface area contributed by atoms with Gasteiger partial charge in [0.05, 0.1) is 16.7 Å². The highest BCUT2D eigenvalue weighted by Crippen LogP contribution is 2.36. The van der Waals surface area contributed by atoms with Gasteiger partial charge in [0.1, 0.15) is 12.4 Å². The van der Waals surface area contributed by atoms with E-state index in [1.807, 2.05) is 6.07 Å². The van der Waals surface area contributed by atoms with Crippen molar-refractivity contribution in [2.24, 2.45) is 0 Å². The Labute approximate surface area is 226 Å². The highest BCUT2D eigenvalue weighted by atomic mass is 32.1. The Balaban J connectivity index is 2.04.